The van der Waals surface area contributed by atoms with Crippen LogP contribution in [0.25, 0.3) is 0 Å². The van der Waals surface area contributed by atoms with Gasteiger partial charge in [-0.15, -0.1) is 0 Å². The summed E-state index contributed by atoms with van der Waals surface area (Å²) in [6, 6.07) is 7.81. The Balaban J connectivity index is 2.11. The zero-order valence-electron chi connectivity index (χ0n) is 13.4. The summed E-state index contributed by atoms with van der Waals surface area (Å²) in [6.07, 6.45) is 4.02. The first kappa shape index (κ1) is 18.4. The molecule has 0 aliphatic rings. The van der Waals surface area contributed by atoms with Gasteiger partial charge in [0.2, 0.25) is 10.0 Å². The maximum Gasteiger partial charge on any atom is 0.252 e. The second-order valence-corrected chi connectivity index (χ2v) is 7.86. The third-order valence-electron chi connectivity index (χ3n) is 3.38. The lowest BCUT2D eigenvalue weighted by molar-refractivity contribution is 0.0954. The van der Waals surface area contributed by atoms with Crippen molar-refractivity contribution in [3.8, 4) is 0 Å². The Morgan fingerprint density at radius 2 is 2.04 bits per heavy atom. The summed E-state index contributed by atoms with van der Waals surface area (Å²) in [5.74, 6) is -0.417. The number of rotatable bonds is 6. The molecule has 2 aromatic rings. The van der Waals surface area contributed by atoms with Crippen molar-refractivity contribution in [1.29, 1.82) is 0 Å². The fourth-order valence-corrected chi connectivity index (χ4v) is 3.14. The SMILES string of the molecule is CN(C)S(=O)(=O)c1ccc(Cl)c(C(=O)NCCc2cccnc2)c1. The molecule has 24 heavy (non-hydrogen) atoms. The number of carbonyl (C=O) groups excluding carboxylic acids is 1. The second kappa shape index (κ2) is 7.74. The van der Waals surface area contributed by atoms with Crippen LogP contribution in [0.1, 0.15) is 15.9 Å². The van der Waals surface area contributed by atoms with Gasteiger partial charge in [0.15, 0.2) is 0 Å². The van der Waals surface area contributed by atoms with Crippen LogP contribution >= 0.6 is 11.6 Å². The smallest absolute Gasteiger partial charge is 0.252 e. The Morgan fingerprint density at radius 1 is 1.29 bits per heavy atom. The maximum absolute atomic E-state index is 12.3. The van der Waals surface area contributed by atoms with Crippen molar-refractivity contribution in [1.82, 2.24) is 14.6 Å². The molecular formula is C16H18ClN3O3S. The zero-order valence-corrected chi connectivity index (χ0v) is 14.9. The lowest BCUT2D eigenvalue weighted by Gasteiger charge is -2.13. The number of hydrogen-bond acceptors (Lipinski definition) is 4. The van der Waals surface area contributed by atoms with Crippen LogP contribution in [-0.4, -0.2) is 44.3 Å². The summed E-state index contributed by atoms with van der Waals surface area (Å²) in [5.41, 5.74) is 1.12. The van der Waals surface area contributed by atoms with Crippen molar-refractivity contribution >= 4 is 27.5 Å². The molecule has 0 aliphatic carbocycles. The minimum atomic E-state index is -3.63. The normalized spacial score (nSPS) is 11.5. The van der Waals surface area contributed by atoms with E-state index < -0.39 is 15.9 Å². The van der Waals surface area contributed by atoms with Crippen molar-refractivity contribution in [2.24, 2.45) is 0 Å². The summed E-state index contributed by atoms with van der Waals surface area (Å²) in [7, 11) is -0.770. The van der Waals surface area contributed by atoms with Crippen molar-refractivity contribution in [3.05, 3.63) is 58.9 Å². The number of nitrogens with one attached hydrogen (secondary N) is 1. The molecular weight excluding hydrogens is 350 g/mol. The maximum atomic E-state index is 12.3. The number of pyridine rings is 1. The Morgan fingerprint density at radius 3 is 2.67 bits per heavy atom. The summed E-state index contributed by atoms with van der Waals surface area (Å²) in [5, 5.41) is 2.94. The Bertz CT molecular complexity index is 824. The summed E-state index contributed by atoms with van der Waals surface area (Å²) < 4.78 is 25.4. The molecule has 2 rings (SSSR count). The number of carbonyl (C=O) groups is 1. The van der Waals surface area contributed by atoms with Crippen LogP contribution in [0.3, 0.4) is 0 Å². The quantitative estimate of drug-likeness (QED) is 0.846. The molecule has 1 aromatic heterocycles. The number of aromatic nitrogens is 1. The number of sulfonamides is 1. The first-order valence-electron chi connectivity index (χ1n) is 7.21. The molecule has 0 fully saturated rings. The number of amides is 1. The second-order valence-electron chi connectivity index (χ2n) is 5.30. The minimum absolute atomic E-state index is 0.0225. The van der Waals surface area contributed by atoms with Gasteiger partial charge in [0.25, 0.3) is 5.91 Å². The molecule has 8 heteroatoms. The number of nitrogens with zero attached hydrogens (tertiary/aromatic N) is 2. The van der Waals surface area contributed by atoms with Gasteiger partial charge in [0.05, 0.1) is 15.5 Å². The van der Waals surface area contributed by atoms with Gasteiger partial charge in [-0.2, -0.15) is 0 Å². The van der Waals surface area contributed by atoms with E-state index in [4.69, 9.17) is 11.6 Å². The topological polar surface area (TPSA) is 79.4 Å². The molecule has 0 unspecified atom stereocenters. The summed E-state index contributed by atoms with van der Waals surface area (Å²) in [4.78, 5) is 16.3. The lowest BCUT2D eigenvalue weighted by Crippen LogP contribution is -2.27. The summed E-state index contributed by atoms with van der Waals surface area (Å²) in [6.45, 7) is 0.394. The van der Waals surface area contributed by atoms with E-state index in [0.29, 0.717) is 13.0 Å². The molecule has 1 amide bonds. The third-order valence-corrected chi connectivity index (χ3v) is 5.52. The van der Waals surface area contributed by atoms with E-state index in [9.17, 15) is 13.2 Å². The molecule has 1 N–H and O–H groups in total. The number of benzene rings is 1. The van der Waals surface area contributed by atoms with Gasteiger partial charge in [-0.3, -0.25) is 9.78 Å². The first-order chi connectivity index (χ1) is 11.3. The van der Waals surface area contributed by atoms with E-state index in [0.717, 1.165) is 9.87 Å². The van der Waals surface area contributed by atoms with Gasteiger partial charge in [-0.25, -0.2) is 12.7 Å². The molecule has 0 radical (unpaired) electrons. The number of halogens is 1. The molecule has 0 spiro atoms. The van der Waals surface area contributed by atoms with E-state index in [1.807, 2.05) is 12.1 Å². The van der Waals surface area contributed by atoms with E-state index in [1.54, 1.807) is 12.4 Å². The third kappa shape index (κ3) is 4.31. The van der Waals surface area contributed by atoms with Gasteiger partial charge in [-0.05, 0) is 36.2 Å². The monoisotopic (exact) mass is 367 g/mol. The van der Waals surface area contributed by atoms with Crippen LogP contribution in [0.15, 0.2) is 47.6 Å². The van der Waals surface area contributed by atoms with Crippen molar-refractivity contribution in [2.45, 2.75) is 11.3 Å². The standard InChI is InChI=1S/C16H18ClN3O3S/c1-20(2)24(22,23)13-5-6-15(17)14(10-13)16(21)19-9-7-12-4-3-8-18-11-12/h3-6,8,10-11H,7,9H2,1-2H3,(H,19,21). The van der Waals surface area contributed by atoms with E-state index in [2.05, 4.69) is 10.3 Å². The Kier molecular flexibility index (Phi) is 5.93. The number of hydrogen-bond donors (Lipinski definition) is 1. The molecule has 6 nitrogen and oxygen atoms in total. The fourth-order valence-electron chi connectivity index (χ4n) is 2.01. The molecule has 0 atom stereocenters. The highest BCUT2D eigenvalue weighted by Gasteiger charge is 2.20. The van der Waals surface area contributed by atoms with Crippen LogP contribution in [0.4, 0.5) is 0 Å². The average Bonchev–Trinajstić information content (AvgIpc) is 2.55. The van der Waals surface area contributed by atoms with Crippen molar-refractivity contribution < 1.29 is 13.2 Å². The molecule has 0 bridgehead atoms. The van der Waals surface area contributed by atoms with Crippen molar-refractivity contribution in [2.75, 3.05) is 20.6 Å². The van der Waals surface area contributed by atoms with Crippen LogP contribution in [-0.2, 0) is 16.4 Å². The zero-order chi connectivity index (χ0) is 17.7. The molecule has 0 saturated carbocycles. The van der Waals surface area contributed by atoms with E-state index in [1.165, 1.54) is 32.3 Å². The van der Waals surface area contributed by atoms with Gasteiger partial charge in [0.1, 0.15) is 0 Å². The van der Waals surface area contributed by atoms with Crippen LogP contribution in [0, 0.1) is 0 Å². The highest BCUT2D eigenvalue weighted by atomic mass is 35.5. The van der Waals surface area contributed by atoms with Gasteiger partial charge < -0.3 is 5.32 Å². The Labute approximate surface area is 146 Å². The van der Waals surface area contributed by atoms with E-state index >= 15 is 0 Å². The molecule has 128 valence electrons. The molecule has 1 heterocycles. The van der Waals surface area contributed by atoms with Gasteiger partial charge in [0, 0.05) is 33.0 Å². The van der Waals surface area contributed by atoms with Gasteiger partial charge in [-0.1, -0.05) is 17.7 Å². The Hall–Kier alpha value is -1.96. The molecule has 1 aromatic carbocycles. The van der Waals surface area contributed by atoms with Crippen LogP contribution < -0.4 is 5.32 Å². The fraction of sp³-hybridized carbons (Fsp3) is 0.250. The predicted octanol–water partition coefficient (Wildman–Crippen LogP) is 1.96. The highest BCUT2D eigenvalue weighted by molar-refractivity contribution is 7.89. The van der Waals surface area contributed by atoms with Crippen LogP contribution in [0.2, 0.25) is 5.02 Å². The highest BCUT2D eigenvalue weighted by Crippen LogP contribution is 2.22. The van der Waals surface area contributed by atoms with Crippen LogP contribution in [0.5, 0.6) is 0 Å². The average molecular weight is 368 g/mol. The lowest BCUT2D eigenvalue weighted by atomic mass is 10.2. The predicted molar refractivity (Wildman–Crippen MR) is 92.6 cm³/mol. The first-order valence-corrected chi connectivity index (χ1v) is 9.03. The molecule has 0 aliphatic heterocycles. The van der Waals surface area contributed by atoms with E-state index in [-0.39, 0.29) is 15.5 Å². The summed E-state index contributed by atoms with van der Waals surface area (Å²) >= 11 is 6.04. The van der Waals surface area contributed by atoms with Gasteiger partial charge >= 0.3 is 0 Å². The largest absolute Gasteiger partial charge is 0.352 e. The minimum Gasteiger partial charge on any atom is -0.352 e. The molecule has 0 saturated heterocycles. The van der Waals surface area contributed by atoms with Crippen molar-refractivity contribution in [3.63, 3.8) is 0 Å².